The zero-order valence-corrected chi connectivity index (χ0v) is 12.2. The quantitative estimate of drug-likeness (QED) is 0.926. The number of alkyl halides is 3. The first kappa shape index (κ1) is 16.0. The summed E-state index contributed by atoms with van der Waals surface area (Å²) in [5, 5.41) is 3.29. The summed E-state index contributed by atoms with van der Waals surface area (Å²) in [7, 11) is 0. The minimum atomic E-state index is -4.42. The molecule has 1 aliphatic rings. The van der Waals surface area contributed by atoms with Crippen molar-refractivity contribution in [3.63, 3.8) is 0 Å². The third-order valence-corrected chi connectivity index (χ3v) is 3.31. The van der Waals surface area contributed by atoms with E-state index in [4.69, 9.17) is 4.74 Å². The summed E-state index contributed by atoms with van der Waals surface area (Å²) in [5.41, 5.74) is -0.859. The van der Waals surface area contributed by atoms with E-state index in [9.17, 15) is 13.2 Å². The van der Waals surface area contributed by atoms with E-state index in [2.05, 4.69) is 10.3 Å². The van der Waals surface area contributed by atoms with Gasteiger partial charge >= 0.3 is 6.18 Å². The van der Waals surface area contributed by atoms with Crippen LogP contribution in [0.5, 0.6) is 0 Å². The lowest BCUT2D eigenvalue weighted by molar-refractivity contribution is -0.141. The van der Waals surface area contributed by atoms with Crippen LogP contribution in [0.2, 0.25) is 0 Å². The molecule has 21 heavy (non-hydrogen) atoms. The number of ether oxygens (including phenoxy) is 1. The standard InChI is InChI=1S/C14H20F3N3O/c1-10(2)18-8-11-9-21-7-6-20(11)13-5-3-4-12(19-13)14(15,16)17/h3-5,10-11,18H,6-9H2,1-2H3. The monoisotopic (exact) mass is 303 g/mol. The second-order valence-corrected chi connectivity index (χ2v) is 5.36. The molecule has 1 aromatic heterocycles. The molecular formula is C14H20F3N3O. The molecule has 1 atom stereocenters. The number of halogens is 3. The third kappa shape index (κ3) is 4.31. The number of rotatable bonds is 4. The molecule has 0 spiro atoms. The SMILES string of the molecule is CC(C)NCC1COCCN1c1cccc(C(F)(F)F)n1. The van der Waals surface area contributed by atoms with Crippen molar-refractivity contribution in [2.75, 3.05) is 31.2 Å². The molecule has 0 saturated carbocycles. The lowest BCUT2D eigenvalue weighted by Crippen LogP contribution is -2.51. The number of morpholine rings is 1. The fraction of sp³-hybridized carbons (Fsp3) is 0.643. The van der Waals surface area contributed by atoms with E-state index in [1.54, 1.807) is 6.07 Å². The first-order valence-electron chi connectivity index (χ1n) is 7.00. The zero-order valence-electron chi connectivity index (χ0n) is 12.2. The van der Waals surface area contributed by atoms with Crippen LogP contribution in [0.1, 0.15) is 19.5 Å². The highest BCUT2D eigenvalue weighted by Crippen LogP contribution is 2.29. The first-order chi connectivity index (χ1) is 9.88. The lowest BCUT2D eigenvalue weighted by Gasteiger charge is -2.37. The second-order valence-electron chi connectivity index (χ2n) is 5.36. The molecule has 7 heteroatoms. The van der Waals surface area contributed by atoms with Gasteiger partial charge in [0.05, 0.1) is 19.3 Å². The number of nitrogens with zero attached hydrogens (tertiary/aromatic N) is 2. The lowest BCUT2D eigenvalue weighted by atomic mass is 10.2. The number of nitrogens with one attached hydrogen (secondary N) is 1. The Morgan fingerprint density at radius 3 is 2.86 bits per heavy atom. The molecule has 4 nitrogen and oxygen atoms in total. The maximum absolute atomic E-state index is 12.8. The number of hydrogen-bond acceptors (Lipinski definition) is 4. The fourth-order valence-electron chi connectivity index (χ4n) is 2.24. The van der Waals surface area contributed by atoms with E-state index < -0.39 is 11.9 Å². The Bertz CT molecular complexity index is 465. The van der Waals surface area contributed by atoms with Crippen molar-refractivity contribution in [1.29, 1.82) is 0 Å². The molecule has 0 bridgehead atoms. The van der Waals surface area contributed by atoms with Gasteiger partial charge in [-0.15, -0.1) is 0 Å². The Morgan fingerprint density at radius 2 is 2.19 bits per heavy atom. The Balaban J connectivity index is 2.17. The van der Waals surface area contributed by atoms with E-state index >= 15 is 0 Å². The maximum atomic E-state index is 12.8. The van der Waals surface area contributed by atoms with Gasteiger partial charge in [0.25, 0.3) is 0 Å². The fourth-order valence-corrected chi connectivity index (χ4v) is 2.24. The van der Waals surface area contributed by atoms with Crippen LogP contribution in [0.25, 0.3) is 0 Å². The van der Waals surface area contributed by atoms with Crippen LogP contribution in [0.4, 0.5) is 19.0 Å². The van der Waals surface area contributed by atoms with Gasteiger partial charge < -0.3 is 15.0 Å². The summed E-state index contributed by atoms with van der Waals surface area (Å²) in [6.45, 7) is 6.22. The summed E-state index contributed by atoms with van der Waals surface area (Å²) in [6, 6.07) is 4.29. The summed E-state index contributed by atoms with van der Waals surface area (Å²) in [6.07, 6.45) is -4.42. The van der Waals surface area contributed by atoms with Crippen molar-refractivity contribution in [2.24, 2.45) is 0 Å². The molecule has 0 aliphatic carbocycles. The highest BCUT2D eigenvalue weighted by Gasteiger charge is 2.33. The molecule has 1 N–H and O–H groups in total. The van der Waals surface area contributed by atoms with Gasteiger partial charge in [0.2, 0.25) is 0 Å². The van der Waals surface area contributed by atoms with Gasteiger partial charge in [-0.2, -0.15) is 13.2 Å². The third-order valence-electron chi connectivity index (χ3n) is 3.31. The van der Waals surface area contributed by atoms with Crippen LogP contribution in [0, 0.1) is 0 Å². The van der Waals surface area contributed by atoms with Crippen molar-refractivity contribution in [3.05, 3.63) is 23.9 Å². The summed E-state index contributed by atoms with van der Waals surface area (Å²) < 4.78 is 43.7. The number of hydrogen-bond donors (Lipinski definition) is 1. The average Bonchev–Trinajstić information content (AvgIpc) is 2.44. The minimum Gasteiger partial charge on any atom is -0.377 e. The Hall–Kier alpha value is -1.34. The molecule has 1 saturated heterocycles. The second kappa shape index (κ2) is 6.62. The molecule has 0 radical (unpaired) electrons. The van der Waals surface area contributed by atoms with Crippen LogP contribution in [-0.2, 0) is 10.9 Å². The molecule has 1 aromatic rings. The highest BCUT2D eigenvalue weighted by molar-refractivity contribution is 5.41. The zero-order chi connectivity index (χ0) is 15.5. The smallest absolute Gasteiger partial charge is 0.377 e. The predicted octanol–water partition coefficient (Wildman–Crippen LogP) is 2.30. The van der Waals surface area contributed by atoms with Crippen LogP contribution in [-0.4, -0.2) is 43.4 Å². The van der Waals surface area contributed by atoms with Gasteiger partial charge in [-0.05, 0) is 12.1 Å². The normalized spacial score (nSPS) is 20.1. The van der Waals surface area contributed by atoms with Crippen LogP contribution < -0.4 is 10.2 Å². The Kier molecular flexibility index (Phi) is 5.05. The van der Waals surface area contributed by atoms with Gasteiger partial charge in [0.15, 0.2) is 0 Å². The number of pyridine rings is 1. The predicted molar refractivity (Wildman–Crippen MR) is 74.3 cm³/mol. The highest BCUT2D eigenvalue weighted by atomic mass is 19.4. The van der Waals surface area contributed by atoms with E-state index in [0.717, 1.165) is 6.07 Å². The molecular weight excluding hydrogens is 283 g/mol. The van der Waals surface area contributed by atoms with E-state index in [-0.39, 0.29) is 6.04 Å². The molecule has 0 aromatic carbocycles. The molecule has 2 heterocycles. The largest absolute Gasteiger partial charge is 0.433 e. The van der Waals surface area contributed by atoms with Crippen molar-refractivity contribution in [1.82, 2.24) is 10.3 Å². The van der Waals surface area contributed by atoms with Crippen LogP contribution in [0.3, 0.4) is 0 Å². The van der Waals surface area contributed by atoms with Gasteiger partial charge in [-0.3, -0.25) is 0 Å². The summed E-state index contributed by atoms with van der Waals surface area (Å²) in [4.78, 5) is 5.65. The van der Waals surface area contributed by atoms with Gasteiger partial charge in [0.1, 0.15) is 11.5 Å². The Morgan fingerprint density at radius 1 is 1.43 bits per heavy atom. The van der Waals surface area contributed by atoms with Crippen LogP contribution in [0.15, 0.2) is 18.2 Å². The van der Waals surface area contributed by atoms with Crippen molar-refractivity contribution in [3.8, 4) is 0 Å². The van der Waals surface area contributed by atoms with Gasteiger partial charge in [-0.25, -0.2) is 4.98 Å². The van der Waals surface area contributed by atoms with Crippen LogP contribution >= 0.6 is 0 Å². The average molecular weight is 303 g/mol. The molecule has 0 amide bonds. The summed E-state index contributed by atoms with van der Waals surface area (Å²) in [5.74, 6) is 0.351. The van der Waals surface area contributed by atoms with E-state index in [0.29, 0.717) is 38.2 Å². The van der Waals surface area contributed by atoms with Crippen molar-refractivity contribution in [2.45, 2.75) is 32.1 Å². The molecule has 118 valence electrons. The van der Waals surface area contributed by atoms with E-state index in [1.807, 2.05) is 18.7 Å². The van der Waals surface area contributed by atoms with Crippen molar-refractivity contribution < 1.29 is 17.9 Å². The van der Waals surface area contributed by atoms with E-state index in [1.165, 1.54) is 6.07 Å². The number of aromatic nitrogens is 1. The van der Waals surface area contributed by atoms with Gasteiger partial charge in [-0.1, -0.05) is 19.9 Å². The topological polar surface area (TPSA) is 37.4 Å². The van der Waals surface area contributed by atoms with Crippen molar-refractivity contribution >= 4 is 5.82 Å². The maximum Gasteiger partial charge on any atom is 0.433 e. The molecule has 1 unspecified atom stereocenters. The van der Waals surface area contributed by atoms with Gasteiger partial charge in [0, 0.05) is 19.1 Å². The minimum absolute atomic E-state index is 0.0165. The molecule has 1 fully saturated rings. The molecule has 1 aliphatic heterocycles. The summed E-state index contributed by atoms with van der Waals surface area (Å²) >= 11 is 0. The molecule has 2 rings (SSSR count). The first-order valence-corrected chi connectivity index (χ1v) is 7.00. The number of anilines is 1. The Labute approximate surface area is 122 Å².